The first-order valence-corrected chi connectivity index (χ1v) is 7.97. The number of hydrogen-bond donors (Lipinski definition) is 1. The number of aryl methyl sites for hydroxylation is 2. The van der Waals surface area contributed by atoms with Crippen molar-refractivity contribution in [3.05, 3.63) is 65.7 Å². The Morgan fingerprint density at radius 1 is 1.00 bits per heavy atom. The maximum absolute atomic E-state index is 8.00. The predicted octanol–water partition coefficient (Wildman–Crippen LogP) is 4.08. The smallest absolute Gasteiger partial charge is 0.106 e. The predicted molar refractivity (Wildman–Crippen MR) is 91.6 cm³/mol. The molecule has 20 heavy (non-hydrogen) atoms. The number of para-hydroxylation sites is 1. The van der Waals surface area contributed by atoms with Gasteiger partial charge in [0.05, 0.1) is 0 Å². The number of carbonyl (C=O) groups is 1. The van der Waals surface area contributed by atoms with Crippen LogP contribution in [0.25, 0.3) is 0 Å². The van der Waals surface area contributed by atoms with Crippen molar-refractivity contribution in [2.45, 2.75) is 13.3 Å². The summed E-state index contributed by atoms with van der Waals surface area (Å²) < 4.78 is 3.50. The molecular weight excluding hydrogens is 266 g/mol. The average molecular weight is 287 g/mol. The first kappa shape index (κ1) is 16.2. The number of nitrogens with one attached hydrogen (secondary N) is 1. The highest BCUT2D eigenvalue weighted by atomic mass is 32.2. The highest BCUT2D eigenvalue weighted by Crippen LogP contribution is 2.21. The molecule has 2 aromatic rings. The van der Waals surface area contributed by atoms with Gasteiger partial charge in [0.2, 0.25) is 0 Å². The average Bonchev–Trinajstić information content (AvgIpc) is 2.51. The largest absolute Gasteiger partial charge is 0.336 e. The van der Waals surface area contributed by atoms with Gasteiger partial charge in [0.25, 0.3) is 0 Å². The summed E-state index contributed by atoms with van der Waals surface area (Å²) >= 11 is 0. The van der Waals surface area contributed by atoms with Crippen LogP contribution in [0.3, 0.4) is 0 Å². The molecule has 0 heterocycles. The molecule has 2 nitrogen and oxygen atoms in total. The topological polar surface area (TPSA) is 29.1 Å². The molecule has 2 aromatic carbocycles. The first-order valence-electron chi connectivity index (χ1n) is 6.41. The zero-order valence-electron chi connectivity index (χ0n) is 11.8. The molecule has 0 spiro atoms. The quantitative estimate of drug-likeness (QED) is 0.840. The summed E-state index contributed by atoms with van der Waals surface area (Å²) in [6.45, 7) is 4.12. The van der Waals surface area contributed by atoms with Crippen molar-refractivity contribution in [2.75, 3.05) is 10.5 Å². The van der Waals surface area contributed by atoms with E-state index >= 15 is 0 Å². The molecule has 0 aliphatic rings. The fourth-order valence-corrected chi connectivity index (χ4v) is 2.90. The maximum Gasteiger partial charge on any atom is 0.106 e. The molecule has 0 aliphatic heterocycles. The van der Waals surface area contributed by atoms with E-state index in [-0.39, 0.29) is 10.7 Å². The van der Waals surface area contributed by atoms with Gasteiger partial charge in [-0.05, 0) is 30.5 Å². The van der Waals surface area contributed by atoms with Crippen molar-refractivity contribution in [2.24, 2.45) is 0 Å². The lowest BCUT2D eigenvalue weighted by Gasteiger charge is -2.13. The SMILES string of the molecule is C=O.C=S(CCc1ccccc1)Nc1ccccc1C. The second-order valence-corrected chi connectivity index (χ2v) is 5.95. The minimum atomic E-state index is -0.0318. The van der Waals surface area contributed by atoms with Gasteiger partial charge in [-0.25, -0.2) is 0 Å². The van der Waals surface area contributed by atoms with Gasteiger partial charge in [-0.3, -0.25) is 0 Å². The van der Waals surface area contributed by atoms with Crippen molar-refractivity contribution >= 4 is 29.0 Å². The zero-order chi connectivity index (χ0) is 14.8. The lowest BCUT2D eigenvalue weighted by molar-refractivity contribution is -0.0979. The third kappa shape index (κ3) is 5.41. The molecule has 0 bridgehead atoms. The molecule has 0 aromatic heterocycles. The van der Waals surface area contributed by atoms with Crippen LogP contribution in [-0.2, 0) is 11.2 Å². The van der Waals surface area contributed by atoms with Gasteiger partial charge in [0.1, 0.15) is 6.79 Å². The second kappa shape index (κ2) is 9.10. The van der Waals surface area contributed by atoms with Gasteiger partial charge in [-0.2, -0.15) is 0 Å². The molecule has 3 heteroatoms. The fourth-order valence-electron chi connectivity index (χ4n) is 1.78. The standard InChI is InChI=1S/C16H19NS.CH2O/c1-14-8-6-7-11-16(14)17-18(2)13-12-15-9-4-3-5-10-15;1-2/h3-11,17H,2,12-13H2,1H3;1H2. The van der Waals surface area contributed by atoms with Gasteiger partial charge in [-0.15, -0.1) is 10.7 Å². The summed E-state index contributed by atoms with van der Waals surface area (Å²) in [5.41, 5.74) is 3.85. The Morgan fingerprint density at radius 2 is 1.60 bits per heavy atom. The van der Waals surface area contributed by atoms with Gasteiger partial charge >= 0.3 is 0 Å². The zero-order valence-corrected chi connectivity index (χ0v) is 12.7. The second-order valence-electron chi connectivity index (χ2n) is 4.35. The van der Waals surface area contributed by atoms with Gasteiger partial charge in [0.15, 0.2) is 0 Å². The number of hydrogen-bond acceptors (Lipinski definition) is 2. The van der Waals surface area contributed by atoms with Gasteiger partial charge in [0, 0.05) is 11.4 Å². The van der Waals surface area contributed by atoms with Crippen LogP contribution >= 0.6 is 10.7 Å². The summed E-state index contributed by atoms with van der Waals surface area (Å²) in [6.07, 6.45) is 1.08. The number of rotatable bonds is 5. The van der Waals surface area contributed by atoms with Crippen molar-refractivity contribution in [1.82, 2.24) is 0 Å². The molecule has 106 valence electrons. The molecule has 1 unspecified atom stereocenters. The monoisotopic (exact) mass is 287 g/mol. The summed E-state index contributed by atoms with van der Waals surface area (Å²) in [5.74, 6) is 5.27. The van der Waals surface area contributed by atoms with Crippen LogP contribution in [0.5, 0.6) is 0 Å². The van der Waals surface area contributed by atoms with E-state index in [2.05, 4.69) is 72.1 Å². The van der Waals surface area contributed by atoms with Crippen LogP contribution < -0.4 is 4.72 Å². The van der Waals surface area contributed by atoms with Crippen molar-refractivity contribution in [3.63, 3.8) is 0 Å². The normalized spacial score (nSPS) is 11.1. The highest BCUT2D eigenvalue weighted by molar-refractivity contribution is 8.15. The molecule has 2 rings (SSSR count). The van der Waals surface area contributed by atoms with Gasteiger partial charge < -0.3 is 9.52 Å². The van der Waals surface area contributed by atoms with Crippen molar-refractivity contribution in [1.29, 1.82) is 0 Å². The molecule has 0 saturated heterocycles. The van der Waals surface area contributed by atoms with Gasteiger partial charge in [-0.1, -0.05) is 54.4 Å². The number of benzene rings is 2. The van der Waals surface area contributed by atoms with E-state index in [1.54, 1.807) is 0 Å². The Hall–Kier alpha value is -1.87. The third-order valence-electron chi connectivity index (χ3n) is 2.88. The van der Waals surface area contributed by atoms with E-state index in [1.807, 2.05) is 6.79 Å². The molecule has 0 saturated carbocycles. The maximum atomic E-state index is 8.00. The van der Waals surface area contributed by atoms with E-state index in [1.165, 1.54) is 16.8 Å². The molecule has 0 fully saturated rings. The lowest BCUT2D eigenvalue weighted by atomic mass is 10.2. The van der Waals surface area contributed by atoms with Crippen LogP contribution in [-0.4, -0.2) is 18.4 Å². The summed E-state index contributed by atoms with van der Waals surface area (Å²) in [4.78, 5) is 8.00. The summed E-state index contributed by atoms with van der Waals surface area (Å²) in [6, 6.07) is 18.9. The van der Waals surface area contributed by atoms with Crippen LogP contribution in [0.15, 0.2) is 54.6 Å². The first-order chi connectivity index (χ1) is 9.75. The molecule has 0 aliphatic carbocycles. The molecular formula is C17H21NOS. The molecule has 1 N–H and O–H groups in total. The Kier molecular flexibility index (Phi) is 7.36. The summed E-state index contributed by atoms with van der Waals surface area (Å²) in [7, 11) is -0.0318. The summed E-state index contributed by atoms with van der Waals surface area (Å²) in [5, 5.41) is 0. The van der Waals surface area contributed by atoms with E-state index in [4.69, 9.17) is 4.79 Å². The molecule has 0 amide bonds. The Morgan fingerprint density at radius 3 is 2.25 bits per heavy atom. The minimum absolute atomic E-state index is 0.0318. The van der Waals surface area contributed by atoms with E-state index in [9.17, 15) is 0 Å². The van der Waals surface area contributed by atoms with E-state index < -0.39 is 0 Å². The fraction of sp³-hybridized carbons (Fsp3) is 0.176. The number of carbonyl (C=O) groups excluding carboxylic acids is 1. The Labute approximate surface area is 123 Å². The molecule has 0 radical (unpaired) electrons. The highest BCUT2D eigenvalue weighted by Gasteiger charge is 1.98. The lowest BCUT2D eigenvalue weighted by Crippen LogP contribution is -1.98. The van der Waals surface area contributed by atoms with Crippen LogP contribution in [0.4, 0.5) is 5.69 Å². The van der Waals surface area contributed by atoms with Crippen molar-refractivity contribution in [3.8, 4) is 0 Å². The molecule has 1 atom stereocenters. The van der Waals surface area contributed by atoms with Crippen LogP contribution in [0.1, 0.15) is 11.1 Å². The van der Waals surface area contributed by atoms with Crippen LogP contribution in [0, 0.1) is 6.92 Å². The Bertz CT molecular complexity index is 540. The van der Waals surface area contributed by atoms with Crippen molar-refractivity contribution < 1.29 is 4.79 Å². The van der Waals surface area contributed by atoms with E-state index in [0.29, 0.717) is 0 Å². The Balaban J connectivity index is 0.000000956. The third-order valence-corrected chi connectivity index (χ3v) is 4.08. The van der Waals surface area contributed by atoms with Crippen LogP contribution in [0.2, 0.25) is 0 Å². The minimum Gasteiger partial charge on any atom is -0.336 e. The number of anilines is 1. The van der Waals surface area contributed by atoms with E-state index in [0.717, 1.165) is 12.2 Å².